The molecule has 34 heavy (non-hydrogen) atoms. The number of piperidine rings is 1. The minimum Gasteiger partial charge on any atom is -0.497 e. The lowest BCUT2D eigenvalue weighted by molar-refractivity contribution is -0.172. The molecule has 1 N–H and O–H groups in total. The van der Waals surface area contributed by atoms with Crippen molar-refractivity contribution in [3.05, 3.63) is 78.1 Å². The number of benzene rings is 1. The predicted molar refractivity (Wildman–Crippen MR) is 123 cm³/mol. The third-order valence-corrected chi connectivity index (χ3v) is 6.51. The Morgan fingerprint density at radius 3 is 2.62 bits per heavy atom. The molecule has 9 nitrogen and oxygen atoms in total. The second kappa shape index (κ2) is 9.26. The Kier molecular flexibility index (Phi) is 6.02. The molecular formula is C25H27N5O4. The van der Waals surface area contributed by atoms with E-state index in [1.54, 1.807) is 36.5 Å². The molecule has 2 aliphatic heterocycles. The van der Waals surface area contributed by atoms with Crippen molar-refractivity contribution >= 4 is 11.8 Å². The number of hydrogen-bond acceptors (Lipinski definition) is 6. The highest BCUT2D eigenvalue weighted by atomic mass is 16.5. The topological polar surface area (TPSA) is 98.6 Å². The van der Waals surface area contributed by atoms with Gasteiger partial charge in [0.1, 0.15) is 22.9 Å². The van der Waals surface area contributed by atoms with E-state index in [4.69, 9.17) is 9.47 Å². The third-order valence-electron chi connectivity index (χ3n) is 6.51. The summed E-state index contributed by atoms with van der Waals surface area (Å²) < 4.78 is 13.6. The molecule has 2 aromatic heterocycles. The van der Waals surface area contributed by atoms with Gasteiger partial charge in [-0.25, -0.2) is 4.98 Å². The SMILES string of the molecule is COc1ccc(CNC(=O)[C@H]2Cn3ccnc3C3(CCN(C(=O)c4ccccn4)CC3)O2)cc1. The molecular weight excluding hydrogens is 434 g/mol. The van der Waals surface area contributed by atoms with Crippen LogP contribution in [0.25, 0.3) is 0 Å². The highest BCUT2D eigenvalue weighted by Gasteiger charge is 2.47. The molecule has 1 aromatic carbocycles. The first-order valence-corrected chi connectivity index (χ1v) is 11.4. The molecule has 1 saturated heterocycles. The molecule has 1 fully saturated rings. The first-order valence-electron chi connectivity index (χ1n) is 11.4. The van der Waals surface area contributed by atoms with Crippen LogP contribution < -0.4 is 10.1 Å². The molecule has 9 heteroatoms. The van der Waals surface area contributed by atoms with Crippen LogP contribution in [-0.4, -0.2) is 57.6 Å². The van der Waals surface area contributed by atoms with E-state index in [0.29, 0.717) is 44.7 Å². The van der Waals surface area contributed by atoms with Gasteiger partial charge in [0.15, 0.2) is 6.10 Å². The highest BCUT2D eigenvalue weighted by molar-refractivity contribution is 5.92. The van der Waals surface area contributed by atoms with Crippen molar-refractivity contribution in [3.63, 3.8) is 0 Å². The summed E-state index contributed by atoms with van der Waals surface area (Å²) >= 11 is 0. The molecule has 176 valence electrons. The van der Waals surface area contributed by atoms with Crippen LogP contribution in [0.15, 0.2) is 61.1 Å². The zero-order chi connectivity index (χ0) is 23.5. The molecule has 4 heterocycles. The van der Waals surface area contributed by atoms with Crippen LogP contribution in [0.4, 0.5) is 0 Å². The van der Waals surface area contributed by atoms with E-state index in [0.717, 1.165) is 17.1 Å². The fraction of sp³-hybridized carbons (Fsp3) is 0.360. The van der Waals surface area contributed by atoms with Crippen LogP contribution in [0.5, 0.6) is 5.75 Å². The molecule has 1 atom stereocenters. The summed E-state index contributed by atoms with van der Waals surface area (Å²) in [5.74, 6) is 1.33. The van der Waals surface area contributed by atoms with Crippen LogP contribution in [0.3, 0.4) is 0 Å². The van der Waals surface area contributed by atoms with Gasteiger partial charge in [-0.2, -0.15) is 0 Å². The van der Waals surface area contributed by atoms with Crippen molar-refractivity contribution < 1.29 is 19.1 Å². The number of aromatic nitrogens is 3. The van der Waals surface area contributed by atoms with Gasteiger partial charge in [0.05, 0.1) is 13.7 Å². The molecule has 2 amide bonds. The molecule has 0 radical (unpaired) electrons. The minimum atomic E-state index is -0.704. The summed E-state index contributed by atoms with van der Waals surface area (Å²) in [6.07, 6.45) is 5.72. The van der Waals surface area contributed by atoms with Crippen LogP contribution in [0, 0.1) is 0 Å². The van der Waals surface area contributed by atoms with Gasteiger partial charge in [-0.15, -0.1) is 0 Å². The van der Waals surface area contributed by atoms with Crippen molar-refractivity contribution in [3.8, 4) is 5.75 Å². The monoisotopic (exact) mass is 461 g/mol. The van der Waals surface area contributed by atoms with Gasteiger partial charge in [0, 0.05) is 51.1 Å². The Morgan fingerprint density at radius 1 is 1.12 bits per heavy atom. The van der Waals surface area contributed by atoms with Crippen LogP contribution in [0.2, 0.25) is 0 Å². The maximum absolute atomic E-state index is 13.0. The number of likely N-dealkylation sites (tertiary alicyclic amines) is 1. The molecule has 0 bridgehead atoms. The summed E-state index contributed by atoms with van der Waals surface area (Å²) in [5.41, 5.74) is 0.703. The predicted octanol–water partition coefficient (Wildman–Crippen LogP) is 2.13. The fourth-order valence-corrected chi connectivity index (χ4v) is 4.64. The second-order valence-electron chi connectivity index (χ2n) is 8.58. The van der Waals surface area contributed by atoms with Crippen LogP contribution in [0.1, 0.15) is 34.7 Å². The maximum atomic E-state index is 13.0. The van der Waals surface area contributed by atoms with E-state index in [-0.39, 0.29) is 11.8 Å². The Balaban J connectivity index is 1.26. The standard InChI is InChI=1S/C25H27N5O4/c1-33-19-7-5-18(6-8-19)16-28-22(31)21-17-30-15-12-27-24(30)25(34-21)9-13-29(14-10-25)23(32)20-4-2-3-11-26-20/h2-8,11-12,15,21H,9-10,13-14,16-17H2,1H3,(H,28,31)/t21-/m1/s1. The molecule has 0 unspecified atom stereocenters. The van der Waals surface area contributed by atoms with Crippen molar-refractivity contribution in [2.24, 2.45) is 0 Å². The number of fused-ring (bicyclic) bond motifs is 2. The Labute approximate surface area is 197 Å². The molecule has 1 spiro atoms. The second-order valence-corrected chi connectivity index (χ2v) is 8.58. The number of imidazole rings is 1. The van der Waals surface area contributed by atoms with Gasteiger partial charge in [-0.1, -0.05) is 18.2 Å². The number of carbonyl (C=O) groups is 2. The van der Waals surface area contributed by atoms with E-state index in [1.807, 2.05) is 41.1 Å². The first-order chi connectivity index (χ1) is 16.6. The smallest absolute Gasteiger partial charge is 0.272 e. The highest BCUT2D eigenvalue weighted by Crippen LogP contribution is 2.40. The number of rotatable bonds is 5. The van der Waals surface area contributed by atoms with E-state index in [1.165, 1.54) is 0 Å². The summed E-state index contributed by atoms with van der Waals surface area (Å²) in [5, 5.41) is 2.99. The summed E-state index contributed by atoms with van der Waals surface area (Å²) in [6.45, 7) is 1.81. The zero-order valence-corrected chi connectivity index (χ0v) is 19.0. The average molecular weight is 462 g/mol. The van der Waals surface area contributed by atoms with Crippen molar-refractivity contribution in [1.29, 1.82) is 0 Å². The number of amides is 2. The first kappa shape index (κ1) is 22.1. The number of methoxy groups -OCH3 is 1. The molecule has 0 aliphatic carbocycles. The summed E-state index contributed by atoms with van der Waals surface area (Å²) in [7, 11) is 1.62. The van der Waals surface area contributed by atoms with Gasteiger partial charge in [0.2, 0.25) is 0 Å². The third kappa shape index (κ3) is 4.26. The van der Waals surface area contributed by atoms with Crippen molar-refractivity contribution in [1.82, 2.24) is 24.8 Å². The van der Waals surface area contributed by atoms with Gasteiger partial charge < -0.3 is 24.3 Å². The number of ether oxygens (including phenoxy) is 2. The maximum Gasteiger partial charge on any atom is 0.272 e. The normalized spacial score (nSPS) is 18.9. The lowest BCUT2D eigenvalue weighted by atomic mass is 9.88. The number of nitrogens with one attached hydrogen (secondary N) is 1. The Bertz CT molecular complexity index is 1150. The van der Waals surface area contributed by atoms with Gasteiger partial charge in [-0.3, -0.25) is 14.6 Å². The summed E-state index contributed by atoms with van der Waals surface area (Å²) in [6, 6.07) is 12.9. The van der Waals surface area contributed by atoms with Crippen molar-refractivity contribution in [2.75, 3.05) is 20.2 Å². The fourth-order valence-electron chi connectivity index (χ4n) is 4.64. The van der Waals surface area contributed by atoms with E-state index >= 15 is 0 Å². The molecule has 3 aromatic rings. The lowest BCUT2D eigenvalue weighted by Crippen LogP contribution is -2.54. The molecule has 5 rings (SSSR count). The zero-order valence-electron chi connectivity index (χ0n) is 19.0. The number of nitrogens with zero attached hydrogens (tertiary/aromatic N) is 4. The minimum absolute atomic E-state index is 0.0941. The Morgan fingerprint density at radius 2 is 1.91 bits per heavy atom. The van der Waals surface area contributed by atoms with Crippen LogP contribution >= 0.6 is 0 Å². The van der Waals surface area contributed by atoms with E-state index < -0.39 is 11.7 Å². The number of pyridine rings is 1. The van der Waals surface area contributed by atoms with Crippen LogP contribution in [-0.2, 0) is 28.2 Å². The molecule has 2 aliphatic rings. The average Bonchev–Trinajstić information content (AvgIpc) is 3.38. The Hall–Kier alpha value is -3.72. The van der Waals surface area contributed by atoms with Crippen molar-refractivity contribution in [2.45, 2.75) is 37.6 Å². The largest absolute Gasteiger partial charge is 0.497 e. The van der Waals surface area contributed by atoms with Gasteiger partial charge in [0.25, 0.3) is 11.8 Å². The number of hydrogen-bond donors (Lipinski definition) is 1. The lowest BCUT2D eigenvalue weighted by Gasteiger charge is -2.45. The van der Waals surface area contributed by atoms with E-state index in [9.17, 15) is 9.59 Å². The quantitative estimate of drug-likeness (QED) is 0.625. The van der Waals surface area contributed by atoms with Gasteiger partial charge >= 0.3 is 0 Å². The molecule has 0 saturated carbocycles. The van der Waals surface area contributed by atoms with Gasteiger partial charge in [-0.05, 0) is 29.8 Å². The number of carbonyl (C=O) groups excluding carboxylic acids is 2. The summed E-state index contributed by atoms with van der Waals surface area (Å²) in [4.78, 5) is 36.4. The van der Waals surface area contributed by atoms with E-state index in [2.05, 4.69) is 15.3 Å².